The first kappa shape index (κ1) is 27.0. The van der Waals surface area contributed by atoms with E-state index in [-0.39, 0.29) is 30.7 Å². The second-order valence-electron chi connectivity index (χ2n) is 9.50. The van der Waals surface area contributed by atoms with Crippen molar-refractivity contribution >= 4 is 28.1 Å². The maximum Gasteiger partial charge on any atom is 0.235 e. The number of rotatable bonds is 10. The molecule has 0 aliphatic carbocycles. The lowest BCUT2D eigenvalue weighted by Gasteiger charge is -2.27. The van der Waals surface area contributed by atoms with E-state index in [0.717, 1.165) is 21.6 Å². The monoisotopic (exact) mass is 511 g/mol. The minimum absolute atomic E-state index is 0.0665. The van der Waals surface area contributed by atoms with E-state index in [0.29, 0.717) is 5.06 Å². The average Bonchev–Trinajstić information content (AvgIpc) is 3.00. The van der Waals surface area contributed by atoms with Crippen LogP contribution < -0.4 is 0 Å². The van der Waals surface area contributed by atoms with Gasteiger partial charge in [-0.1, -0.05) is 57.2 Å². The molecule has 0 radical (unpaired) electrons. The molecule has 9 nitrogen and oxygen atoms in total. The average molecular weight is 512 g/mol. The Morgan fingerprint density at radius 1 is 1.17 bits per heavy atom. The van der Waals surface area contributed by atoms with Crippen molar-refractivity contribution in [1.29, 1.82) is 5.26 Å². The predicted molar refractivity (Wildman–Crippen MR) is 131 cm³/mol. The Kier molecular flexibility index (Phi) is 7.96. The molecular formula is C26H29N3O6S. The number of nitrogens with zero attached hydrogens (tertiary/aromatic N) is 3. The summed E-state index contributed by atoms with van der Waals surface area (Å²) in [5.74, 6) is -1.83. The summed E-state index contributed by atoms with van der Waals surface area (Å²) in [7, 11) is -3.79. The maximum atomic E-state index is 13.0. The topological polar surface area (TPSA) is 136 Å². The lowest BCUT2D eigenvalue weighted by molar-refractivity contribution is -0.165. The summed E-state index contributed by atoms with van der Waals surface area (Å²) in [5.41, 5.74) is 1.57. The van der Waals surface area contributed by atoms with E-state index in [1.807, 2.05) is 24.3 Å². The molecule has 190 valence electrons. The lowest BCUT2D eigenvalue weighted by Crippen LogP contribution is -2.46. The van der Waals surface area contributed by atoms with Crippen LogP contribution in [0.1, 0.15) is 32.8 Å². The normalized spacial score (nSPS) is 18.1. The minimum Gasteiger partial charge on any atom is -0.286 e. The second-order valence-corrected chi connectivity index (χ2v) is 11.6. The maximum absolute atomic E-state index is 13.0. The van der Waals surface area contributed by atoms with Crippen molar-refractivity contribution in [3.63, 3.8) is 0 Å². The van der Waals surface area contributed by atoms with Gasteiger partial charge in [0.15, 0.2) is 9.84 Å². The van der Waals surface area contributed by atoms with Crippen molar-refractivity contribution in [1.82, 2.24) is 9.96 Å². The van der Waals surface area contributed by atoms with Gasteiger partial charge in [0, 0.05) is 5.92 Å². The Morgan fingerprint density at radius 3 is 2.39 bits per heavy atom. The Morgan fingerprint density at radius 2 is 1.83 bits per heavy atom. The number of hydroxylamine groups is 2. The van der Waals surface area contributed by atoms with Crippen LogP contribution >= 0.6 is 0 Å². The van der Waals surface area contributed by atoms with Crippen molar-refractivity contribution in [2.45, 2.75) is 44.6 Å². The van der Waals surface area contributed by atoms with E-state index in [9.17, 15) is 28.0 Å². The Balaban J connectivity index is 1.74. The second kappa shape index (κ2) is 10.6. The summed E-state index contributed by atoms with van der Waals surface area (Å²) in [6, 6.07) is 14.7. The van der Waals surface area contributed by atoms with Gasteiger partial charge in [0.25, 0.3) is 0 Å². The molecule has 1 heterocycles. The molecule has 0 aromatic heterocycles. The number of likely N-dealkylation sites (tertiary alicyclic amines) is 1. The van der Waals surface area contributed by atoms with Gasteiger partial charge in [-0.15, -0.1) is 0 Å². The fraction of sp³-hybridized carbons (Fsp3) is 0.385. The molecule has 0 saturated carbocycles. The van der Waals surface area contributed by atoms with Gasteiger partial charge in [-0.3, -0.25) is 24.5 Å². The lowest BCUT2D eigenvalue weighted by atomic mass is 9.82. The fourth-order valence-electron chi connectivity index (χ4n) is 4.17. The van der Waals surface area contributed by atoms with Crippen LogP contribution in [0.4, 0.5) is 0 Å². The summed E-state index contributed by atoms with van der Waals surface area (Å²) in [4.78, 5) is 37.6. The van der Waals surface area contributed by atoms with Crippen LogP contribution in [0.15, 0.2) is 53.4 Å². The minimum atomic E-state index is -3.79. The quantitative estimate of drug-likeness (QED) is 0.224. The molecule has 2 aromatic carbocycles. The van der Waals surface area contributed by atoms with Crippen LogP contribution in [0.25, 0.3) is 11.1 Å². The first-order valence-electron chi connectivity index (χ1n) is 11.5. The zero-order valence-corrected chi connectivity index (χ0v) is 21.2. The van der Waals surface area contributed by atoms with Crippen molar-refractivity contribution in [3.8, 4) is 17.2 Å². The zero-order chi connectivity index (χ0) is 26.7. The van der Waals surface area contributed by atoms with E-state index < -0.39 is 44.8 Å². The van der Waals surface area contributed by atoms with Crippen molar-refractivity contribution in [2.24, 2.45) is 11.3 Å². The fourth-order valence-corrected chi connectivity index (χ4v) is 5.54. The van der Waals surface area contributed by atoms with Gasteiger partial charge in [0.1, 0.15) is 0 Å². The van der Waals surface area contributed by atoms with Gasteiger partial charge in [0.2, 0.25) is 18.2 Å². The predicted octanol–water partition coefficient (Wildman–Crippen LogP) is 2.83. The molecule has 1 saturated heterocycles. The van der Waals surface area contributed by atoms with Crippen molar-refractivity contribution in [3.05, 3.63) is 54.1 Å². The molecule has 1 fully saturated rings. The van der Waals surface area contributed by atoms with Crippen LogP contribution in [0.5, 0.6) is 0 Å². The summed E-state index contributed by atoms with van der Waals surface area (Å²) < 4.78 is 26.0. The van der Waals surface area contributed by atoms with E-state index in [1.165, 1.54) is 12.1 Å². The van der Waals surface area contributed by atoms with Crippen molar-refractivity contribution < 1.29 is 28.0 Å². The number of hydrogen-bond donors (Lipinski definition) is 1. The molecule has 0 bridgehead atoms. The molecule has 0 spiro atoms. The van der Waals surface area contributed by atoms with Crippen LogP contribution in [-0.2, 0) is 30.6 Å². The molecule has 10 heteroatoms. The molecule has 3 rings (SSSR count). The Hall–Kier alpha value is -3.55. The van der Waals surface area contributed by atoms with Gasteiger partial charge in [0.05, 0.1) is 41.1 Å². The number of imide groups is 1. The van der Waals surface area contributed by atoms with E-state index in [4.69, 9.17) is 5.26 Å². The molecule has 36 heavy (non-hydrogen) atoms. The Labute approximate surface area is 210 Å². The van der Waals surface area contributed by atoms with Gasteiger partial charge in [-0.05, 0) is 35.2 Å². The highest BCUT2D eigenvalue weighted by Crippen LogP contribution is 2.37. The van der Waals surface area contributed by atoms with Gasteiger partial charge in [-0.2, -0.15) is 5.26 Å². The Bertz CT molecular complexity index is 1300. The highest BCUT2D eigenvalue weighted by atomic mass is 32.2. The first-order valence-corrected chi connectivity index (χ1v) is 13.1. The number of sulfone groups is 1. The smallest absolute Gasteiger partial charge is 0.235 e. The summed E-state index contributed by atoms with van der Waals surface area (Å²) in [6.07, 6.45) is 0.225. The molecule has 3 amide bonds. The first-order chi connectivity index (χ1) is 16.9. The number of carbonyl (C=O) groups is 3. The SMILES string of the molecule is CC1C(=O)N(CC(CCS(=O)(=O)c2ccc(-c3cccc(CC#N)c3)cc2)N(O)C=O)C(=O)C1(C)C. The third-order valence-electron chi connectivity index (χ3n) is 6.87. The number of carbonyl (C=O) groups excluding carboxylic acids is 3. The largest absolute Gasteiger partial charge is 0.286 e. The molecule has 1 aliphatic heterocycles. The molecule has 2 unspecified atom stereocenters. The third-order valence-corrected chi connectivity index (χ3v) is 8.63. The summed E-state index contributed by atoms with van der Waals surface area (Å²) in [5, 5.41) is 19.2. The zero-order valence-electron chi connectivity index (χ0n) is 20.4. The molecule has 1 N–H and O–H groups in total. The number of benzene rings is 2. The van der Waals surface area contributed by atoms with Gasteiger partial charge < -0.3 is 0 Å². The number of nitriles is 1. The summed E-state index contributed by atoms with van der Waals surface area (Å²) >= 11 is 0. The molecule has 2 aromatic rings. The van der Waals surface area contributed by atoms with E-state index >= 15 is 0 Å². The van der Waals surface area contributed by atoms with Crippen LogP contribution in [0.2, 0.25) is 0 Å². The molecular weight excluding hydrogens is 482 g/mol. The molecule has 1 aliphatic rings. The highest BCUT2D eigenvalue weighted by molar-refractivity contribution is 7.91. The highest BCUT2D eigenvalue weighted by Gasteiger charge is 2.51. The number of hydrogen-bond acceptors (Lipinski definition) is 7. The number of amides is 3. The van der Waals surface area contributed by atoms with Crippen LogP contribution in [-0.4, -0.2) is 60.2 Å². The van der Waals surface area contributed by atoms with Crippen LogP contribution in [0.3, 0.4) is 0 Å². The van der Waals surface area contributed by atoms with Gasteiger partial charge in [-0.25, -0.2) is 13.5 Å². The standard InChI is InChI=1S/C26H29N3O6S/c1-18-24(31)28(25(32)26(18,2)3)16-22(29(33)17-30)12-14-36(34,35)23-9-7-20(8-10-23)21-6-4-5-19(15-21)11-13-27/h4-10,15,17-18,22,33H,11-12,14,16H2,1-3H3. The van der Waals surface area contributed by atoms with E-state index in [2.05, 4.69) is 6.07 Å². The van der Waals surface area contributed by atoms with Gasteiger partial charge >= 0.3 is 0 Å². The molecule has 2 atom stereocenters. The van der Waals surface area contributed by atoms with Crippen LogP contribution in [0, 0.1) is 22.7 Å². The summed E-state index contributed by atoms with van der Waals surface area (Å²) in [6.45, 7) is 4.64. The third kappa shape index (κ3) is 5.48. The van der Waals surface area contributed by atoms with Crippen molar-refractivity contribution in [2.75, 3.05) is 12.3 Å². The van der Waals surface area contributed by atoms with E-state index in [1.54, 1.807) is 32.9 Å².